The number of amides is 2. The van der Waals surface area contributed by atoms with Gasteiger partial charge in [0.05, 0.1) is 21.8 Å². The molecule has 2 aliphatic rings. The number of carbonyl (C=O) groups excluding carboxylic acids is 2. The van der Waals surface area contributed by atoms with E-state index in [2.05, 4.69) is 10.3 Å². The van der Waals surface area contributed by atoms with E-state index in [1.807, 2.05) is 18.7 Å². The number of piperidine rings is 1. The number of hydrogen-bond acceptors (Lipinski definition) is 5. The van der Waals surface area contributed by atoms with Crippen LogP contribution in [-0.2, 0) is 20.4 Å². The molecule has 0 bridgehead atoms. The number of hydrogen-bond donors (Lipinski definition) is 3. The lowest BCUT2D eigenvalue weighted by molar-refractivity contribution is -0.110. The molecule has 2 aromatic carbocycles. The number of sulfone groups is 1. The van der Waals surface area contributed by atoms with Crippen LogP contribution in [0.3, 0.4) is 0 Å². The maximum Gasteiger partial charge on any atom is 0.256 e. The van der Waals surface area contributed by atoms with Crippen LogP contribution in [0.2, 0.25) is 5.02 Å². The Bertz CT molecular complexity index is 1580. The number of fused-ring (bicyclic) bond motifs is 1. The Balaban J connectivity index is 1.48. The molecule has 1 aromatic heterocycles. The monoisotopic (exact) mass is 552 g/mol. The second kappa shape index (κ2) is 10.1. The molecule has 10 heteroatoms. The van der Waals surface area contributed by atoms with Gasteiger partial charge in [-0.1, -0.05) is 29.8 Å². The number of aryl methyl sites for hydroxylation is 1. The molecule has 2 amide bonds. The van der Waals surface area contributed by atoms with Gasteiger partial charge in [0.15, 0.2) is 9.84 Å². The Morgan fingerprint density at radius 1 is 1.16 bits per heavy atom. The summed E-state index contributed by atoms with van der Waals surface area (Å²) in [6.07, 6.45) is 3.21. The number of likely N-dealkylation sites (tertiary alicyclic amines) is 1. The normalized spacial score (nSPS) is 17.1. The van der Waals surface area contributed by atoms with Gasteiger partial charge in [-0.25, -0.2) is 8.42 Å². The van der Waals surface area contributed by atoms with Gasteiger partial charge in [0.25, 0.3) is 11.8 Å². The molecule has 38 heavy (non-hydrogen) atoms. The van der Waals surface area contributed by atoms with E-state index >= 15 is 0 Å². The Morgan fingerprint density at radius 2 is 1.87 bits per heavy atom. The predicted molar refractivity (Wildman–Crippen MR) is 149 cm³/mol. The van der Waals surface area contributed by atoms with E-state index in [-0.39, 0.29) is 28.5 Å². The van der Waals surface area contributed by atoms with Gasteiger partial charge in [-0.05, 0) is 68.2 Å². The van der Waals surface area contributed by atoms with Crippen molar-refractivity contribution in [1.82, 2.24) is 9.88 Å². The fraction of sp³-hybridized carbons (Fsp3) is 0.286. The third-order valence-electron chi connectivity index (χ3n) is 7.24. The molecule has 0 atom stereocenters. The first-order chi connectivity index (χ1) is 18.0. The number of benzene rings is 2. The van der Waals surface area contributed by atoms with Crippen molar-refractivity contribution in [3.05, 3.63) is 81.1 Å². The summed E-state index contributed by atoms with van der Waals surface area (Å²) in [7, 11) is -3.73. The zero-order valence-electron chi connectivity index (χ0n) is 21.2. The first kappa shape index (κ1) is 26.2. The van der Waals surface area contributed by atoms with E-state index in [4.69, 9.17) is 17.3 Å². The van der Waals surface area contributed by atoms with Gasteiger partial charge in [0, 0.05) is 46.8 Å². The zero-order chi connectivity index (χ0) is 27.2. The van der Waals surface area contributed by atoms with Gasteiger partial charge < -0.3 is 20.9 Å². The molecule has 2 aliphatic heterocycles. The highest BCUT2D eigenvalue weighted by Crippen LogP contribution is 2.36. The van der Waals surface area contributed by atoms with Crippen LogP contribution in [0.1, 0.15) is 51.3 Å². The first-order valence-electron chi connectivity index (χ1n) is 12.4. The third-order valence-corrected chi connectivity index (χ3v) is 9.27. The molecule has 4 N–H and O–H groups in total. The molecule has 0 saturated carbocycles. The van der Waals surface area contributed by atoms with Gasteiger partial charge in [-0.15, -0.1) is 0 Å². The van der Waals surface area contributed by atoms with Crippen LogP contribution >= 0.6 is 11.6 Å². The molecule has 1 saturated heterocycles. The summed E-state index contributed by atoms with van der Waals surface area (Å²) in [4.78, 5) is 31.3. The van der Waals surface area contributed by atoms with Crippen molar-refractivity contribution in [2.45, 2.75) is 43.4 Å². The molecule has 0 radical (unpaired) electrons. The van der Waals surface area contributed by atoms with Gasteiger partial charge in [-0.3, -0.25) is 9.59 Å². The SMILES string of the molecule is Cc1[nH]c(/C=C2\C(=O)Nc3ccc(S(=O)(=O)Cc4ccccc4Cl)cc32)c(C)c1C(=O)N1CCC(N)CC1. The van der Waals surface area contributed by atoms with Crippen molar-refractivity contribution in [2.24, 2.45) is 5.73 Å². The quantitative estimate of drug-likeness (QED) is 0.407. The van der Waals surface area contributed by atoms with E-state index in [0.29, 0.717) is 57.5 Å². The molecule has 5 rings (SSSR count). The minimum Gasteiger partial charge on any atom is -0.358 e. The van der Waals surface area contributed by atoms with Crippen molar-refractivity contribution in [3.8, 4) is 0 Å². The van der Waals surface area contributed by atoms with E-state index < -0.39 is 9.84 Å². The van der Waals surface area contributed by atoms with E-state index in [9.17, 15) is 18.0 Å². The minimum atomic E-state index is -3.73. The molecule has 3 heterocycles. The lowest BCUT2D eigenvalue weighted by Crippen LogP contribution is -2.43. The summed E-state index contributed by atoms with van der Waals surface area (Å²) >= 11 is 6.19. The molecular formula is C28H29ClN4O4S. The summed E-state index contributed by atoms with van der Waals surface area (Å²) in [6, 6.07) is 11.5. The fourth-order valence-corrected chi connectivity index (χ4v) is 6.73. The lowest BCUT2D eigenvalue weighted by Gasteiger charge is -2.30. The second-order valence-electron chi connectivity index (χ2n) is 9.86. The Hall–Kier alpha value is -3.40. The molecule has 0 spiro atoms. The molecule has 8 nitrogen and oxygen atoms in total. The Labute approximate surface area is 226 Å². The van der Waals surface area contributed by atoms with Crippen molar-refractivity contribution in [2.75, 3.05) is 18.4 Å². The minimum absolute atomic E-state index is 0.0583. The molecule has 1 fully saturated rings. The zero-order valence-corrected chi connectivity index (χ0v) is 22.7. The maximum absolute atomic E-state index is 13.3. The van der Waals surface area contributed by atoms with Crippen molar-refractivity contribution < 1.29 is 18.0 Å². The van der Waals surface area contributed by atoms with E-state index in [0.717, 1.165) is 18.4 Å². The predicted octanol–water partition coefficient (Wildman–Crippen LogP) is 4.31. The van der Waals surface area contributed by atoms with Crippen molar-refractivity contribution in [1.29, 1.82) is 0 Å². The number of H-pyrrole nitrogens is 1. The van der Waals surface area contributed by atoms with Gasteiger partial charge in [-0.2, -0.15) is 0 Å². The van der Waals surface area contributed by atoms with Crippen molar-refractivity contribution in [3.63, 3.8) is 0 Å². The number of rotatable bonds is 5. The summed E-state index contributed by atoms with van der Waals surface area (Å²) in [5, 5.41) is 3.18. The lowest BCUT2D eigenvalue weighted by atomic mass is 10.0. The summed E-state index contributed by atoms with van der Waals surface area (Å²) in [5.74, 6) is -0.657. The Morgan fingerprint density at radius 3 is 2.58 bits per heavy atom. The summed E-state index contributed by atoms with van der Waals surface area (Å²) in [6.45, 7) is 4.90. The number of nitrogens with one attached hydrogen (secondary N) is 2. The van der Waals surface area contributed by atoms with Crippen LogP contribution in [0.25, 0.3) is 11.6 Å². The van der Waals surface area contributed by atoms with Gasteiger partial charge >= 0.3 is 0 Å². The average Bonchev–Trinajstić information content (AvgIpc) is 3.34. The summed E-state index contributed by atoms with van der Waals surface area (Å²) < 4.78 is 26.4. The average molecular weight is 553 g/mol. The largest absolute Gasteiger partial charge is 0.358 e. The van der Waals surface area contributed by atoms with Crippen molar-refractivity contribution >= 4 is 50.6 Å². The van der Waals surface area contributed by atoms with Crippen LogP contribution in [0.4, 0.5) is 5.69 Å². The van der Waals surface area contributed by atoms with Crippen LogP contribution < -0.4 is 11.1 Å². The summed E-state index contributed by atoms with van der Waals surface area (Å²) in [5.41, 5.74) is 10.5. The number of nitrogens with zero attached hydrogens (tertiary/aromatic N) is 1. The number of aromatic amines is 1. The number of aromatic nitrogens is 1. The molecule has 198 valence electrons. The molecule has 0 unspecified atom stereocenters. The smallest absolute Gasteiger partial charge is 0.256 e. The first-order valence-corrected chi connectivity index (χ1v) is 14.5. The highest BCUT2D eigenvalue weighted by Gasteiger charge is 2.29. The molecular weight excluding hydrogens is 524 g/mol. The number of nitrogens with two attached hydrogens (primary N) is 1. The van der Waals surface area contributed by atoms with Crippen LogP contribution in [-0.4, -0.2) is 49.2 Å². The standard InChI is InChI=1S/C28H29ClN4O4S/c1-16-25(31-17(2)26(16)28(35)33-11-9-19(30)10-12-33)14-22-21-13-20(7-8-24(21)32-27(22)34)38(36,37)15-18-5-3-4-6-23(18)29/h3-8,13-14,19,31H,9-12,15,30H2,1-2H3,(H,32,34)/b22-14-. The van der Waals surface area contributed by atoms with Crippen LogP contribution in [0.15, 0.2) is 47.4 Å². The van der Waals surface area contributed by atoms with Gasteiger partial charge in [0.1, 0.15) is 0 Å². The molecule has 0 aliphatic carbocycles. The fourth-order valence-electron chi connectivity index (χ4n) is 5.05. The molecule has 3 aromatic rings. The third kappa shape index (κ3) is 4.89. The number of halogens is 1. The topological polar surface area (TPSA) is 125 Å². The Kier molecular flexibility index (Phi) is 6.94. The van der Waals surface area contributed by atoms with Crippen LogP contribution in [0.5, 0.6) is 0 Å². The maximum atomic E-state index is 13.3. The second-order valence-corrected chi connectivity index (χ2v) is 12.3. The van der Waals surface area contributed by atoms with E-state index in [1.54, 1.807) is 36.4 Å². The number of anilines is 1. The van der Waals surface area contributed by atoms with Gasteiger partial charge in [0.2, 0.25) is 0 Å². The highest BCUT2D eigenvalue weighted by molar-refractivity contribution is 7.90. The number of carbonyl (C=O) groups is 2. The van der Waals surface area contributed by atoms with Crippen LogP contribution in [0, 0.1) is 13.8 Å². The van der Waals surface area contributed by atoms with E-state index in [1.165, 1.54) is 12.1 Å². The highest BCUT2D eigenvalue weighted by atomic mass is 35.5.